The van der Waals surface area contributed by atoms with Gasteiger partial charge in [0.25, 0.3) is 0 Å². The number of alkyl halides is 3. The van der Waals surface area contributed by atoms with Crippen LogP contribution < -0.4 is 0 Å². The van der Waals surface area contributed by atoms with Crippen LogP contribution in [-0.4, -0.2) is 29.1 Å². The minimum absolute atomic E-state index is 0.0851. The maximum absolute atomic E-state index is 13.3. The Bertz CT molecular complexity index is 544. The molecule has 0 saturated carbocycles. The number of carboxylic acid groups (broad SMARTS) is 1. The van der Waals surface area contributed by atoms with E-state index in [1.54, 1.807) is 11.8 Å². The third-order valence-corrected chi connectivity index (χ3v) is 3.70. The lowest BCUT2D eigenvalue weighted by molar-refractivity contribution is -0.142. The maximum Gasteiger partial charge on any atom is 0.416 e. The molecule has 1 aliphatic heterocycles. The summed E-state index contributed by atoms with van der Waals surface area (Å²) in [4.78, 5) is 12.7. The summed E-state index contributed by atoms with van der Waals surface area (Å²) in [6, 6.07) is 2.41. The van der Waals surface area contributed by atoms with E-state index in [1.807, 2.05) is 0 Å². The Morgan fingerprint density at radius 3 is 2.52 bits per heavy atom. The number of nitrogens with zero attached hydrogens (tertiary/aromatic N) is 1. The molecule has 7 heteroatoms. The molecular weight excluding hydrogens is 290 g/mol. The van der Waals surface area contributed by atoms with E-state index >= 15 is 0 Å². The number of benzene rings is 1. The standard InChI is InChI=1S/C14H15F4NO2/c1-8-5-19(7-12(8)13(20)21)6-9-2-10(14(16,17)18)4-11(15)3-9/h2-4,8,12H,5-7H2,1H3,(H,20,21). The molecule has 1 N–H and O–H groups in total. The van der Waals surface area contributed by atoms with Crippen LogP contribution in [0, 0.1) is 17.7 Å². The Kier molecular flexibility index (Phi) is 4.22. The van der Waals surface area contributed by atoms with Gasteiger partial charge in [-0.05, 0) is 29.7 Å². The molecule has 116 valence electrons. The van der Waals surface area contributed by atoms with E-state index in [0.717, 1.165) is 12.1 Å². The van der Waals surface area contributed by atoms with Crippen molar-refractivity contribution in [2.75, 3.05) is 13.1 Å². The van der Waals surface area contributed by atoms with Gasteiger partial charge in [0.2, 0.25) is 0 Å². The molecule has 3 nitrogen and oxygen atoms in total. The van der Waals surface area contributed by atoms with Crippen LogP contribution in [-0.2, 0) is 17.5 Å². The van der Waals surface area contributed by atoms with Crippen molar-refractivity contribution >= 4 is 5.97 Å². The van der Waals surface area contributed by atoms with Gasteiger partial charge in [-0.3, -0.25) is 9.69 Å². The molecule has 1 fully saturated rings. The topological polar surface area (TPSA) is 40.5 Å². The summed E-state index contributed by atoms with van der Waals surface area (Å²) in [5.74, 6) is -2.49. The molecule has 0 aliphatic carbocycles. The average Bonchev–Trinajstić information content (AvgIpc) is 2.68. The molecule has 0 amide bonds. The zero-order chi connectivity index (χ0) is 15.8. The quantitative estimate of drug-likeness (QED) is 0.873. The van der Waals surface area contributed by atoms with Crippen LogP contribution in [0.1, 0.15) is 18.1 Å². The highest BCUT2D eigenvalue weighted by atomic mass is 19.4. The van der Waals surface area contributed by atoms with Gasteiger partial charge >= 0.3 is 12.1 Å². The molecule has 1 saturated heterocycles. The summed E-state index contributed by atoms with van der Waals surface area (Å²) in [5.41, 5.74) is -0.833. The van der Waals surface area contributed by atoms with Crippen LogP contribution in [0.5, 0.6) is 0 Å². The van der Waals surface area contributed by atoms with Crippen molar-refractivity contribution in [2.45, 2.75) is 19.6 Å². The van der Waals surface area contributed by atoms with Gasteiger partial charge in [-0.15, -0.1) is 0 Å². The van der Waals surface area contributed by atoms with Gasteiger partial charge in [0, 0.05) is 19.6 Å². The SMILES string of the molecule is CC1CN(Cc2cc(F)cc(C(F)(F)F)c2)CC1C(=O)O. The number of likely N-dealkylation sites (tertiary alicyclic amines) is 1. The lowest BCUT2D eigenvalue weighted by atomic mass is 9.99. The fourth-order valence-corrected chi connectivity index (χ4v) is 2.68. The second-order valence-electron chi connectivity index (χ2n) is 5.46. The lowest BCUT2D eigenvalue weighted by Gasteiger charge is -2.16. The summed E-state index contributed by atoms with van der Waals surface area (Å²) < 4.78 is 51.2. The van der Waals surface area contributed by atoms with Crippen molar-refractivity contribution in [3.05, 3.63) is 35.1 Å². The second-order valence-corrected chi connectivity index (χ2v) is 5.46. The van der Waals surface area contributed by atoms with Gasteiger partial charge in [0.1, 0.15) is 5.82 Å². The monoisotopic (exact) mass is 305 g/mol. The molecular formula is C14H15F4NO2. The zero-order valence-electron chi connectivity index (χ0n) is 11.3. The Morgan fingerprint density at radius 2 is 2.00 bits per heavy atom. The summed E-state index contributed by atoms with van der Waals surface area (Å²) >= 11 is 0. The van der Waals surface area contributed by atoms with Crippen LogP contribution in [0.25, 0.3) is 0 Å². The molecule has 0 spiro atoms. The number of halogens is 4. The molecule has 0 bridgehead atoms. The van der Waals surface area contributed by atoms with Gasteiger partial charge < -0.3 is 5.11 Å². The Labute approximate surface area is 119 Å². The van der Waals surface area contributed by atoms with Gasteiger partial charge in [-0.25, -0.2) is 4.39 Å². The molecule has 1 aromatic carbocycles. The highest BCUT2D eigenvalue weighted by Crippen LogP contribution is 2.31. The fraction of sp³-hybridized carbons (Fsp3) is 0.500. The minimum Gasteiger partial charge on any atom is -0.481 e. The molecule has 1 aromatic rings. The first kappa shape index (κ1) is 15.8. The van der Waals surface area contributed by atoms with Crippen molar-refractivity contribution < 1.29 is 27.5 Å². The number of aliphatic carboxylic acids is 1. The number of hydrogen-bond donors (Lipinski definition) is 1. The predicted molar refractivity (Wildman–Crippen MR) is 67.0 cm³/mol. The van der Waals surface area contributed by atoms with E-state index in [-0.39, 0.29) is 24.6 Å². The van der Waals surface area contributed by atoms with Crippen molar-refractivity contribution in [2.24, 2.45) is 11.8 Å². The van der Waals surface area contributed by atoms with Crippen molar-refractivity contribution in [3.63, 3.8) is 0 Å². The van der Waals surface area contributed by atoms with E-state index in [2.05, 4.69) is 0 Å². The number of carbonyl (C=O) groups is 1. The molecule has 0 radical (unpaired) electrons. The van der Waals surface area contributed by atoms with Crippen LogP contribution in [0.4, 0.5) is 17.6 Å². The van der Waals surface area contributed by atoms with E-state index in [9.17, 15) is 22.4 Å². The minimum atomic E-state index is -4.60. The van der Waals surface area contributed by atoms with Gasteiger partial charge in [0.05, 0.1) is 11.5 Å². The van der Waals surface area contributed by atoms with Gasteiger partial charge in [-0.2, -0.15) is 13.2 Å². The molecule has 2 unspecified atom stereocenters. The highest BCUT2D eigenvalue weighted by Gasteiger charge is 2.35. The van der Waals surface area contributed by atoms with Gasteiger partial charge in [-0.1, -0.05) is 6.92 Å². The van der Waals surface area contributed by atoms with E-state index in [1.165, 1.54) is 0 Å². The molecule has 1 aliphatic rings. The first-order valence-electron chi connectivity index (χ1n) is 6.48. The Balaban J connectivity index is 2.14. The number of carboxylic acids is 1. The lowest BCUT2D eigenvalue weighted by Crippen LogP contribution is -2.23. The van der Waals surface area contributed by atoms with Crippen molar-refractivity contribution in [1.29, 1.82) is 0 Å². The Hall–Kier alpha value is -1.63. The fourth-order valence-electron chi connectivity index (χ4n) is 2.68. The summed E-state index contributed by atoms with van der Waals surface area (Å²) in [7, 11) is 0. The first-order chi connectivity index (χ1) is 9.66. The third-order valence-electron chi connectivity index (χ3n) is 3.70. The summed E-state index contributed by atoms with van der Waals surface area (Å²) in [5, 5.41) is 9.03. The van der Waals surface area contributed by atoms with Crippen molar-refractivity contribution in [3.8, 4) is 0 Å². The van der Waals surface area contributed by atoms with Crippen LogP contribution in [0.3, 0.4) is 0 Å². The zero-order valence-corrected chi connectivity index (χ0v) is 11.3. The molecule has 2 atom stereocenters. The van der Waals surface area contributed by atoms with E-state index in [0.29, 0.717) is 12.6 Å². The predicted octanol–water partition coefficient (Wildman–Crippen LogP) is 3.00. The second kappa shape index (κ2) is 5.63. The maximum atomic E-state index is 13.3. The van der Waals surface area contributed by atoms with Crippen molar-refractivity contribution in [1.82, 2.24) is 4.90 Å². The van der Waals surface area contributed by atoms with Crippen LogP contribution in [0.15, 0.2) is 18.2 Å². The van der Waals surface area contributed by atoms with E-state index < -0.39 is 29.4 Å². The summed E-state index contributed by atoms with van der Waals surface area (Å²) in [6.45, 7) is 2.61. The molecule has 0 aromatic heterocycles. The smallest absolute Gasteiger partial charge is 0.416 e. The van der Waals surface area contributed by atoms with E-state index in [4.69, 9.17) is 5.11 Å². The molecule has 1 heterocycles. The number of rotatable bonds is 3. The first-order valence-corrected chi connectivity index (χ1v) is 6.48. The van der Waals surface area contributed by atoms with Crippen LogP contribution >= 0.6 is 0 Å². The number of hydrogen-bond acceptors (Lipinski definition) is 2. The Morgan fingerprint density at radius 1 is 1.33 bits per heavy atom. The summed E-state index contributed by atoms with van der Waals surface area (Å²) in [6.07, 6.45) is -4.60. The highest BCUT2D eigenvalue weighted by molar-refractivity contribution is 5.71. The average molecular weight is 305 g/mol. The molecule has 2 rings (SSSR count). The van der Waals surface area contributed by atoms with Crippen LogP contribution in [0.2, 0.25) is 0 Å². The van der Waals surface area contributed by atoms with Gasteiger partial charge in [0.15, 0.2) is 0 Å². The molecule has 21 heavy (non-hydrogen) atoms. The normalized spacial score (nSPS) is 23.5. The largest absolute Gasteiger partial charge is 0.481 e. The third kappa shape index (κ3) is 3.72.